The molecule has 0 unspecified atom stereocenters. The lowest BCUT2D eigenvalue weighted by Gasteiger charge is -2.10. The molecule has 0 bridgehead atoms. The number of amides is 1. The van der Waals surface area contributed by atoms with Gasteiger partial charge in [-0.3, -0.25) is 4.79 Å². The van der Waals surface area contributed by atoms with Gasteiger partial charge in [0.05, 0.1) is 70.3 Å². The Morgan fingerprint density at radius 2 is 1.21 bits per heavy atom. The van der Waals surface area contributed by atoms with Gasteiger partial charge in [-0.15, -0.1) is 10.2 Å². The minimum Gasteiger partial charge on any atom is -0.478 e. The van der Waals surface area contributed by atoms with Gasteiger partial charge in [-0.2, -0.15) is 13.2 Å². The number of hydrogen-bond donors (Lipinski definition) is 2. The predicted octanol–water partition coefficient (Wildman–Crippen LogP) is 5.92. The Bertz CT molecular complexity index is 2370. The molecule has 4 heterocycles. The smallest absolute Gasteiger partial charge is 0.416 e. The summed E-state index contributed by atoms with van der Waals surface area (Å²) in [5, 5.41) is 28.0. The van der Waals surface area contributed by atoms with Crippen molar-refractivity contribution in [3.05, 3.63) is 126 Å². The molecule has 264 valence electrons. The standard InChI is InChI=1S/C21H17F3N6O.C14H13N5O2/c1-13-19(29(2)12-25-13)18-11-30(28-27-18)17-8-3-5-14(9-17)20(31)26-16-7-4-6-15(10-16)21(22,23)24;1-9-13(18(2)8-15-9)12-7-19(17-16-12)11-5-3-4-10(6-11)14(20)21/h3-12H,1-2H3,(H,26,31);3-8H,1-2H3,(H,20,21). The molecule has 0 spiro atoms. The number of carbonyl (C=O) groups is 2. The van der Waals surface area contributed by atoms with Crippen molar-refractivity contribution in [3.8, 4) is 34.2 Å². The van der Waals surface area contributed by atoms with Crippen molar-refractivity contribution >= 4 is 17.6 Å². The number of carbonyl (C=O) groups excluding carboxylic acids is 1. The molecule has 3 aromatic carbocycles. The van der Waals surface area contributed by atoms with Crippen LogP contribution in [-0.4, -0.2) is 66.1 Å². The molecule has 0 aliphatic rings. The highest BCUT2D eigenvalue weighted by molar-refractivity contribution is 6.04. The third-order valence-electron chi connectivity index (χ3n) is 7.89. The van der Waals surface area contributed by atoms with Crippen LogP contribution in [0.1, 0.15) is 37.7 Å². The lowest BCUT2D eigenvalue weighted by molar-refractivity contribution is -0.137. The van der Waals surface area contributed by atoms with Crippen molar-refractivity contribution in [2.24, 2.45) is 14.1 Å². The summed E-state index contributed by atoms with van der Waals surface area (Å²) in [5.74, 6) is -1.51. The number of anilines is 1. The quantitative estimate of drug-likeness (QED) is 0.205. The minimum absolute atomic E-state index is 0.0555. The van der Waals surface area contributed by atoms with E-state index in [4.69, 9.17) is 5.11 Å². The number of hydrogen-bond acceptors (Lipinski definition) is 8. The van der Waals surface area contributed by atoms with E-state index in [1.165, 1.54) is 22.9 Å². The zero-order chi connectivity index (χ0) is 37.2. The molecule has 17 heteroatoms. The Hall–Kier alpha value is -6.91. The molecule has 0 aliphatic carbocycles. The van der Waals surface area contributed by atoms with Gasteiger partial charge in [0.15, 0.2) is 0 Å². The van der Waals surface area contributed by atoms with E-state index in [0.29, 0.717) is 22.8 Å². The molecule has 0 saturated carbocycles. The number of aromatic nitrogens is 10. The normalized spacial score (nSPS) is 11.2. The number of benzene rings is 3. The number of aromatic carboxylic acids is 1. The van der Waals surface area contributed by atoms with Crippen molar-refractivity contribution < 1.29 is 27.9 Å². The molecule has 52 heavy (non-hydrogen) atoms. The van der Waals surface area contributed by atoms with Gasteiger partial charge < -0.3 is 19.6 Å². The number of nitrogens with zero attached hydrogens (tertiary/aromatic N) is 10. The number of nitrogens with one attached hydrogen (secondary N) is 1. The van der Waals surface area contributed by atoms with Crippen LogP contribution in [0.4, 0.5) is 18.9 Å². The molecule has 2 N–H and O–H groups in total. The summed E-state index contributed by atoms with van der Waals surface area (Å²) < 4.78 is 45.4. The molecule has 0 atom stereocenters. The van der Waals surface area contributed by atoms with Crippen LogP contribution in [0.15, 0.2) is 97.8 Å². The Labute approximate surface area is 293 Å². The monoisotopic (exact) mass is 709 g/mol. The van der Waals surface area contributed by atoms with Crippen LogP contribution < -0.4 is 5.32 Å². The third kappa shape index (κ3) is 7.47. The fraction of sp³-hybridized carbons (Fsp3) is 0.143. The second-order valence-electron chi connectivity index (χ2n) is 11.6. The maximum atomic E-state index is 12.9. The first-order valence-corrected chi connectivity index (χ1v) is 15.5. The van der Waals surface area contributed by atoms with Crippen molar-refractivity contribution in [2.75, 3.05) is 5.32 Å². The zero-order valence-electron chi connectivity index (χ0n) is 28.1. The van der Waals surface area contributed by atoms with E-state index in [9.17, 15) is 22.8 Å². The molecular weight excluding hydrogens is 679 g/mol. The van der Waals surface area contributed by atoms with Gasteiger partial charge in [0.1, 0.15) is 11.4 Å². The molecule has 1 amide bonds. The largest absolute Gasteiger partial charge is 0.478 e. The van der Waals surface area contributed by atoms with E-state index in [1.54, 1.807) is 72.2 Å². The summed E-state index contributed by atoms with van der Waals surface area (Å²) in [6, 6.07) is 17.6. The summed E-state index contributed by atoms with van der Waals surface area (Å²) in [5.41, 5.74) is 5.62. The number of carboxylic acid groups (broad SMARTS) is 1. The maximum absolute atomic E-state index is 12.9. The van der Waals surface area contributed by atoms with Crippen LogP contribution in [-0.2, 0) is 20.3 Å². The van der Waals surface area contributed by atoms with Crippen LogP contribution >= 0.6 is 0 Å². The fourth-order valence-electron chi connectivity index (χ4n) is 5.37. The Morgan fingerprint density at radius 3 is 1.69 bits per heavy atom. The number of carboxylic acids is 1. The van der Waals surface area contributed by atoms with Crippen LogP contribution in [0.2, 0.25) is 0 Å². The SMILES string of the molecule is Cc1ncn(C)c1-c1cn(-c2cccc(C(=O)Nc3cccc(C(F)(F)F)c3)c2)nn1.Cc1ncn(C)c1-c1cn(-c2cccc(C(=O)O)c2)nn1. The minimum atomic E-state index is -4.49. The van der Waals surface area contributed by atoms with Gasteiger partial charge in [-0.05, 0) is 68.4 Å². The van der Waals surface area contributed by atoms with Crippen molar-refractivity contribution in [2.45, 2.75) is 20.0 Å². The number of halogens is 3. The molecule has 7 rings (SSSR count). The molecule has 0 fully saturated rings. The molecule has 7 aromatic rings. The average Bonchev–Trinajstić information content (AvgIpc) is 3.93. The van der Waals surface area contributed by atoms with E-state index < -0.39 is 23.6 Å². The van der Waals surface area contributed by atoms with Crippen molar-refractivity contribution in [3.63, 3.8) is 0 Å². The zero-order valence-corrected chi connectivity index (χ0v) is 28.1. The number of imidazole rings is 2. The van der Waals surface area contributed by atoms with Gasteiger partial charge in [0.25, 0.3) is 5.91 Å². The molecule has 4 aromatic heterocycles. The highest BCUT2D eigenvalue weighted by Gasteiger charge is 2.30. The van der Waals surface area contributed by atoms with E-state index in [-0.39, 0.29) is 16.8 Å². The van der Waals surface area contributed by atoms with Gasteiger partial charge in [0.2, 0.25) is 0 Å². The molecule has 0 aliphatic heterocycles. The number of aryl methyl sites for hydroxylation is 4. The highest BCUT2D eigenvalue weighted by Crippen LogP contribution is 2.31. The maximum Gasteiger partial charge on any atom is 0.416 e. The molecular formula is C35H30F3N11O3. The summed E-state index contributed by atoms with van der Waals surface area (Å²) in [4.78, 5) is 32.1. The summed E-state index contributed by atoms with van der Waals surface area (Å²) in [6.07, 6.45) is 2.38. The molecule has 0 radical (unpaired) electrons. The summed E-state index contributed by atoms with van der Waals surface area (Å²) in [7, 11) is 3.74. The van der Waals surface area contributed by atoms with E-state index in [0.717, 1.165) is 34.9 Å². The first-order valence-electron chi connectivity index (χ1n) is 15.5. The lowest BCUT2D eigenvalue weighted by Crippen LogP contribution is -2.13. The summed E-state index contributed by atoms with van der Waals surface area (Å²) in [6.45, 7) is 3.77. The van der Waals surface area contributed by atoms with Gasteiger partial charge in [0, 0.05) is 25.3 Å². The fourth-order valence-corrected chi connectivity index (χ4v) is 5.37. The van der Waals surface area contributed by atoms with Crippen LogP contribution in [0.25, 0.3) is 34.2 Å². The van der Waals surface area contributed by atoms with E-state index in [1.807, 2.05) is 37.1 Å². The molecule has 14 nitrogen and oxygen atoms in total. The number of alkyl halides is 3. The third-order valence-corrected chi connectivity index (χ3v) is 7.89. The predicted molar refractivity (Wildman–Crippen MR) is 183 cm³/mol. The summed E-state index contributed by atoms with van der Waals surface area (Å²) >= 11 is 0. The van der Waals surface area contributed by atoms with Gasteiger partial charge >= 0.3 is 12.1 Å². The van der Waals surface area contributed by atoms with Crippen molar-refractivity contribution in [1.82, 2.24) is 49.1 Å². The van der Waals surface area contributed by atoms with E-state index in [2.05, 4.69) is 35.9 Å². The first-order chi connectivity index (χ1) is 24.8. The lowest BCUT2D eigenvalue weighted by atomic mass is 10.1. The average molecular weight is 710 g/mol. The Kier molecular flexibility index (Phi) is 9.50. The second-order valence-corrected chi connectivity index (χ2v) is 11.6. The Balaban J connectivity index is 0.000000192. The van der Waals surface area contributed by atoms with Crippen molar-refractivity contribution in [1.29, 1.82) is 0 Å². The molecule has 0 saturated heterocycles. The van der Waals surface area contributed by atoms with Gasteiger partial charge in [-0.1, -0.05) is 28.6 Å². The topological polar surface area (TPSA) is 163 Å². The highest BCUT2D eigenvalue weighted by atomic mass is 19.4. The van der Waals surface area contributed by atoms with Gasteiger partial charge in [-0.25, -0.2) is 24.1 Å². The second kappa shape index (κ2) is 14.1. The van der Waals surface area contributed by atoms with Crippen LogP contribution in [0, 0.1) is 13.8 Å². The first kappa shape index (κ1) is 34.9. The number of rotatable bonds is 7. The van der Waals surface area contributed by atoms with Crippen LogP contribution in [0.3, 0.4) is 0 Å². The Morgan fingerprint density at radius 1 is 0.712 bits per heavy atom. The van der Waals surface area contributed by atoms with Crippen LogP contribution in [0.5, 0.6) is 0 Å². The van der Waals surface area contributed by atoms with E-state index >= 15 is 0 Å².